The van der Waals surface area contributed by atoms with E-state index in [1.807, 2.05) is 0 Å². The molecule has 0 saturated heterocycles. The van der Waals surface area contributed by atoms with E-state index in [4.69, 9.17) is 0 Å². The van der Waals surface area contributed by atoms with Crippen molar-refractivity contribution in [1.29, 1.82) is 0 Å². The third-order valence-electron chi connectivity index (χ3n) is 5.66. The minimum atomic E-state index is -1.00. The average molecular weight is 436 g/mol. The van der Waals surface area contributed by atoms with Gasteiger partial charge in [-0.1, -0.05) is 18.2 Å². The molecular formula is C22H18F2N6O2. The lowest BCUT2D eigenvalue weighted by molar-refractivity contribution is -0.119. The van der Waals surface area contributed by atoms with Crippen molar-refractivity contribution in [2.24, 2.45) is 0 Å². The van der Waals surface area contributed by atoms with Crippen LogP contribution < -0.4 is 5.32 Å². The summed E-state index contributed by atoms with van der Waals surface area (Å²) in [5, 5.41) is 18.0. The lowest BCUT2D eigenvalue weighted by atomic mass is 9.87. The molecule has 10 heteroatoms. The normalized spacial score (nSPS) is 14.6. The van der Waals surface area contributed by atoms with Crippen LogP contribution in [0.4, 0.5) is 14.6 Å². The molecule has 0 radical (unpaired) electrons. The molecule has 8 nitrogen and oxygen atoms in total. The summed E-state index contributed by atoms with van der Waals surface area (Å²) >= 11 is 0. The van der Waals surface area contributed by atoms with Crippen molar-refractivity contribution in [2.75, 3.05) is 5.32 Å². The quantitative estimate of drug-likeness (QED) is 0.510. The van der Waals surface area contributed by atoms with E-state index in [0.717, 1.165) is 0 Å². The summed E-state index contributed by atoms with van der Waals surface area (Å²) < 4.78 is 30.1. The number of hydrogen-bond donors (Lipinski definition) is 2. The molecule has 1 aliphatic heterocycles. The van der Waals surface area contributed by atoms with Gasteiger partial charge in [-0.25, -0.2) is 23.4 Å². The first-order valence-electron chi connectivity index (χ1n) is 9.87. The SMILES string of the molecule is Cc1nc2c(cc1F)c(-c1nc(O)c3c(n1)NC(=O)C3(C)C)nn2Cc1ccccc1F. The number of halogens is 2. The number of pyridine rings is 1. The standard InChI is InChI=1S/C22H18F2N6O2/c1-10-14(24)8-12-16(18-26-17-15(20(31)27-18)22(2,3)21(32)28-17)29-30(19(12)25-10)9-11-6-4-5-7-13(11)23/h4-8H,9H2,1-3H3,(H2,26,27,28,31,32). The van der Waals surface area contributed by atoms with E-state index < -0.39 is 17.0 Å². The van der Waals surface area contributed by atoms with Gasteiger partial charge < -0.3 is 10.4 Å². The third kappa shape index (κ3) is 2.90. The number of rotatable bonds is 3. The Morgan fingerprint density at radius 1 is 1.12 bits per heavy atom. The summed E-state index contributed by atoms with van der Waals surface area (Å²) in [6.45, 7) is 4.86. The second-order valence-corrected chi connectivity index (χ2v) is 8.20. The van der Waals surface area contributed by atoms with E-state index in [1.54, 1.807) is 32.0 Å². The van der Waals surface area contributed by atoms with Gasteiger partial charge in [-0.3, -0.25) is 4.79 Å². The number of aromatic nitrogens is 5. The molecule has 4 aromatic rings. The number of aryl methyl sites for hydroxylation is 1. The number of nitrogens with zero attached hydrogens (tertiary/aromatic N) is 5. The number of fused-ring (bicyclic) bond motifs is 2. The zero-order valence-corrected chi connectivity index (χ0v) is 17.4. The molecule has 1 aromatic carbocycles. The first-order chi connectivity index (χ1) is 15.2. The van der Waals surface area contributed by atoms with Crippen molar-refractivity contribution >= 4 is 22.8 Å². The van der Waals surface area contributed by atoms with Crippen LogP contribution in [0.15, 0.2) is 30.3 Å². The van der Waals surface area contributed by atoms with Crippen molar-refractivity contribution in [3.05, 3.63) is 58.8 Å². The Morgan fingerprint density at radius 3 is 2.62 bits per heavy atom. The minimum Gasteiger partial charge on any atom is -0.493 e. The van der Waals surface area contributed by atoms with E-state index in [2.05, 4.69) is 25.4 Å². The molecule has 4 heterocycles. The highest BCUT2D eigenvalue weighted by atomic mass is 19.1. The monoisotopic (exact) mass is 436 g/mol. The van der Waals surface area contributed by atoms with Gasteiger partial charge in [0.1, 0.15) is 23.1 Å². The van der Waals surface area contributed by atoms with Gasteiger partial charge in [0.15, 0.2) is 11.5 Å². The number of nitrogens with one attached hydrogen (secondary N) is 1. The lowest BCUT2D eigenvalue weighted by Crippen LogP contribution is -2.27. The van der Waals surface area contributed by atoms with Gasteiger partial charge in [-0.05, 0) is 32.9 Å². The van der Waals surface area contributed by atoms with E-state index in [-0.39, 0.29) is 46.9 Å². The van der Waals surface area contributed by atoms with E-state index in [1.165, 1.54) is 23.7 Å². The van der Waals surface area contributed by atoms with Crippen LogP contribution in [0.3, 0.4) is 0 Å². The predicted molar refractivity (Wildman–Crippen MR) is 112 cm³/mol. The number of benzene rings is 1. The molecule has 0 unspecified atom stereocenters. The Kier molecular flexibility index (Phi) is 4.23. The Bertz CT molecular complexity index is 1430. The molecule has 0 fully saturated rings. The van der Waals surface area contributed by atoms with Crippen molar-refractivity contribution in [3.8, 4) is 17.4 Å². The number of hydrogen-bond acceptors (Lipinski definition) is 6. The topological polar surface area (TPSA) is 106 Å². The number of amides is 1. The number of anilines is 1. The molecule has 0 saturated carbocycles. The molecule has 162 valence electrons. The second kappa shape index (κ2) is 6.78. The van der Waals surface area contributed by atoms with Crippen LogP contribution >= 0.6 is 0 Å². The van der Waals surface area contributed by atoms with Gasteiger partial charge in [0.05, 0.1) is 28.6 Å². The smallest absolute Gasteiger partial charge is 0.235 e. The molecule has 1 amide bonds. The molecule has 0 aliphatic carbocycles. The molecule has 0 atom stereocenters. The molecule has 2 N–H and O–H groups in total. The van der Waals surface area contributed by atoms with Gasteiger partial charge in [0, 0.05) is 5.56 Å². The molecule has 3 aromatic heterocycles. The highest BCUT2D eigenvalue weighted by Crippen LogP contribution is 2.42. The summed E-state index contributed by atoms with van der Waals surface area (Å²) in [6.07, 6.45) is 0. The molecule has 0 bridgehead atoms. The fourth-order valence-corrected chi connectivity index (χ4v) is 3.82. The van der Waals surface area contributed by atoms with Crippen molar-refractivity contribution < 1.29 is 18.7 Å². The van der Waals surface area contributed by atoms with Gasteiger partial charge in [-0.2, -0.15) is 10.1 Å². The predicted octanol–water partition coefficient (Wildman–Crippen LogP) is 3.46. The van der Waals surface area contributed by atoms with Crippen LogP contribution in [-0.2, 0) is 16.8 Å². The third-order valence-corrected chi connectivity index (χ3v) is 5.66. The van der Waals surface area contributed by atoms with Crippen molar-refractivity contribution in [2.45, 2.75) is 32.7 Å². The number of aromatic hydroxyl groups is 1. The summed E-state index contributed by atoms with van der Waals surface area (Å²) in [5.74, 6) is -1.50. The van der Waals surface area contributed by atoms with Crippen LogP contribution in [0, 0.1) is 18.6 Å². The van der Waals surface area contributed by atoms with Crippen LogP contribution in [0.25, 0.3) is 22.6 Å². The minimum absolute atomic E-state index is 0.0124. The Morgan fingerprint density at radius 2 is 1.88 bits per heavy atom. The molecule has 5 rings (SSSR count). The zero-order valence-electron chi connectivity index (χ0n) is 17.4. The second-order valence-electron chi connectivity index (χ2n) is 8.20. The zero-order chi connectivity index (χ0) is 22.8. The molecule has 0 spiro atoms. The average Bonchev–Trinajstić information content (AvgIpc) is 3.18. The van der Waals surface area contributed by atoms with Crippen LogP contribution in [0.1, 0.15) is 30.7 Å². The summed E-state index contributed by atoms with van der Waals surface area (Å²) in [5.41, 5.74) is 0.274. The first-order valence-corrected chi connectivity index (χ1v) is 9.87. The van der Waals surface area contributed by atoms with Gasteiger partial charge in [0.2, 0.25) is 11.8 Å². The Balaban J connectivity index is 1.71. The summed E-state index contributed by atoms with van der Waals surface area (Å²) in [7, 11) is 0. The number of carbonyl (C=O) groups is 1. The molecule has 32 heavy (non-hydrogen) atoms. The Labute approximate surface area is 181 Å². The van der Waals surface area contributed by atoms with E-state index >= 15 is 0 Å². The highest BCUT2D eigenvalue weighted by molar-refractivity contribution is 6.05. The number of carbonyl (C=O) groups excluding carboxylic acids is 1. The van der Waals surface area contributed by atoms with E-state index in [0.29, 0.717) is 16.6 Å². The molecular weight excluding hydrogens is 418 g/mol. The maximum absolute atomic E-state index is 14.4. The van der Waals surface area contributed by atoms with E-state index in [9.17, 15) is 18.7 Å². The summed E-state index contributed by atoms with van der Waals surface area (Å²) in [4.78, 5) is 25.1. The highest BCUT2D eigenvalue weighted by Gasteiger charge is 2.43. The van der Waals surface area contributed by atoms with Gasteiger partial charge >= 0.3 is 0 Å². The van der Waals surface area contributed by atoms with Crippen LogP contribution in [0.2, 0.25) is 0 Å². The maximum atomic E-state index is 14.4. The van der Waals surface area contributed by atoms with Gasteiger partial charge in [0.25, 0.3) is 0 Å². The Hall–Kier alpha value is -3.95. The van der Waals surface area contributed by atoms with Crippen molar-refractivity contribution in [1.82, 2.24) is 24.7 Å². The first kappa shape index (κ1) is 20.0. The van der Waals surface area contributed by atoms with Crippen LogP contribution in [0.5, 0.6) is 5.88 Å². The van der Waals surface area contributed by atoms with Crippen molar-refractivity contribution in [3.63, 3.8) is 0 Å². The van der Waals surface area contributed by atoms with Gasteiger partial charge in [-0.15, -0.1) is 0 Å². The largest absolute Gasteiger partial charge is 0.493 e. The lowest BCUT2D eigenvalue weighted by Gasteiger charge is -2.15. The molecule has 1 aliphatic rings. The maximum Gasteiger partial charge on any atom is 0.235 e. The fraction of sp³-hybridized carbons (Fsp3) is 0.227. The fourth-order valence-electron chi connectivity index (χ4n) is 3.82. The summed E-state index contributed by atoms with van der Waals surface area (Å²) in [6, 6.07) is 7.50. The van der Waals surface area contributed by atoms with Crippen LogP contribution in [-0.4, -0.2) is 35.7 Å².